The molecular formula is C10H5ClN2. The maximum Gasteiger partial charge on any atom is 0.0991 e. The zero-order valence-corrected chi connectivity index (χ0v) is 7.42. The molecule has 0 atom stereocenters. The molecule has 0 aliphatic carbocycles. The minimum Gasteiger partial charge on any atom is -0.193 e. The highest BCUT2D eigenvalue weighted by molar-refractivity contribution is 6.48. The molecule has 0 fully saturated rings. The Hall–Kier alpha value is -1.77. The Kier molecular flexibility index (Phi) is 3.09. The molecule has 3 heteroatoms. The molecule has 0 amide bonds. The van der Waals surface area contributed by atoms with Gasteiger partial charge >= 0.3 is 0 Å². The van der Waals surface area contributed by atoms with Crippen LogP contribution in [-0.2, 0) is 0 Å². The topological polar surface area (TPSA) is 47.6 Å². The summed E-state index contributed by atoms with van der Waals surface area (Å²) >= 11 is 5.76. The van der Waals surface area contributed by atoms with Crippen LogP contribution >= 0.6 is 11.6 Å². The van der Waals surface area contributed by atoms with Gasteiger partial charge in [-0.2, -0.15) is 10.5 Å². The molecule has 2 nitrogen and oxygen atoms in total. The van der Waals surface area contributed by atoms with E-state index in [9.17, 15) is 0 Å². The van der Waals surface area contributed by atoms with Crippen molar-refractivity contribution in [3.63, 3.8) is 0 Å². The second-order valence-electron chi connectivity index (χ2n) is 2.31. The van der Waals surface area contributed by atoms with Gasteiger partial charge in [0.15, 0.2) is 0 Å². The molecule has 0 radical (unpaired) electrons. The first kappa shape index (κ1) is 9.32. The van der Waals surface area contributed by atoms with Crippen LogP contribution in [0.2, 0.25) is 0 Å². The summed E-state index contributed by atoms with van der Waals surface area (Å²) in [5.74, 6) is 0. The maximum absolute atomic E-state index is 8.52. The van der Waals surface area contributed by atoms with Gasteiger partial charge in [-0.25, -0.2) is 0 Å². The monoisotopic (exact) mass is 188 g/mol. The Labute approximate surface area is 81.3 Å². The van der Waals surface area contributed by atoms with E-state index in [1.54, 1.807) is 24.3 Å². The lowest BCUT2D eigenvalue weighted by Crippen LogP contribution is -1.78. The van der Waals surface area contributed by atoms with Crippen molar-refractivity contribution in [2.45, 2.75) is 0 Å². The van der Waals surface area contributed by atoms with Crippen molar-refractivity contribution in [1.82, 2.24) is 0 Å². The minimum atomic E-state index is 0.381. The van der Waals surface area contributed by atoms with E-state index < -0.39 is 0 Å². The van der Waals surface area contributed by atoms with Crippen molar-refractivity contribution >= 4 is 16.6 Å². The summed E-state index contributed by atoms with van der Waals surface area (Å²) in [5, 5.41) is 17.2. The Morgan fingerprint density at radius 1 is 1.23 bits per heavy atom. The predicted octanol–water partition coefficient (Wildman–Crippen LogP) is 2.66. The zero-order chi connectivity index (χ0) is 9.68. The fraction of sp³-hybridized carbons (Fsp3) is 0. The summed E-state index contributed by atoms with van der Waals surface area (Å²) in [5.41, 5.74) is 1.31. The summed E-state index contributed by atoms with van der Waals surface area (Å²) in [4.78, 5) is 0. The van der Waals surface area contributed by atoms with Gasteiger partial charge in [-0.05, 0) is 17.7 Å². The van der Waals surface area contributed by atoms with Crippen LogP contribution in [0.1, 0.15) is 11.1 Å². The molecule has 62 valence electrons. The molecule has 0 bridgehead atoms. The highest BCUT2D eigenvalue weighted by atomic mass is 35.5. The lowest BCUT2D eigenvalue weighted by atomic mass is 10.1. The van der Waals surface area contributed by atoms with Crippen LogP contribution in [0.4, 0.5) is 0 Å². The number of nitrogens with zero attached hydrogens (tertiary/aromatic N) is 2. The average Bonchev–Trinajstić information content (AvgIpc) is 2.18. The summed E-state index contributed by atoms with van der Waals surface area (Å²) in [7, 11) is 0. The van der Waals surface area contributed by atoms with Crippen LogP contribution in [0.25, 0.3) is 5.03 Å². The summed E-state index contributed by atoms with van der Waals surface area (Å²) < 4.78 is 0. The molecule has 13 heavy (non-hydrogen) atoms. The van der Waals surface area contributed by atoms with Gasteiger partial charge in [0.25, 0.3) is 0 Å². The molecule has 1 aromatic carbocycles. The van der Waals surface area contributed by atoms with Crippen molar-refractivity contribution in [3.8, 4) is 12.1 Å². The van der Waals surface area contributed by atoms with E-state index in [0.717, 1.165) is 5.56 Å². The number of hydrogen-bond donors (Lipinski definition) is 0. The van der Waals surface area contributed by atoms with E-state index in [0.29, 0.717) is 10.6 Å². The van der Waals surface area contributed by atoms with E-state index in [-0.39, 0.29) is 0 Å². The van der Waals surface area contributed by atoms with Gasteiger partial charge in [0.1, 0.15) is 0 Å². The second-order valence-corrected chi connectivity index (χ2v) is 2.72. The third-order valence-electron chi connectivity index (χ3n) is 1.48. The number of nitriles is 2. The standard InChI is InChI=1S/C10H5ClN2/c11-10(5-6-12)9-3-1-8(7-13)2-4-9/h1-5H. The van der Waals surface area contributed by atoms with Crippen molar-refractivity contribution in [2.24, 2.45) is 0 Å². The summed E-state index contributed by atoms with van der Waals surface area (Å²) in [6.07, 6.45) is 1.25. The molecule has 0 aliphatic rings. The first-order chi connectivity index (χ1) is 6.27. The molecule has 0 spiro atoms. The molecule has 1 rings (SSSR count). The first-order valence-electron chi connectivity index (χ1n) is 3.53. The number of benzene rings is 1. The fourth-order valence-corrected chi connectivity index (χ4v) is 1.02. The van der Waals surface area contributed by atoms with Gasteiger partial charge < -0.3 is 0 Å². The van der Waals surface area contributed by atoms with Gasteiger partial charge in [0.2, 0.25) is 0 Å². The van der Waals surface area contributed by atoms with Gasteiger partial charge in [0, 0.05) is 6.08 Å². The number of halogens is 1. The quantitative estimate of drug-likeness (QED) is 0.636. The van der Waals surface area contributed by atoms with E-state index in [1.165, 1.54) is 6.08 Å². The molecule has 1 aromatic rings. The highest BCUT2D eigenvalue weighted by Crippen LogP contribution is 2.18. The van der Waals surface area contributed by atoms with Crippen LogP contribution in [0.3, 0.4) is 0 Å². The largest absolute Gasteiger partial charge is 0.193 e. The van der Waals surface area contributed by atoms with Crippen LogP contribution < -0.4 is 0 Å². The lowest BCUT2D eigenvalue weighted by molar-refractivity contribution is 1.48. The van der Waals surface area contributed by atoms with Crippen molar-refractivity contribution in [3.05, 3.63) is 41.5 Å². The van der Waals surface area contributed by atoms with E-state index in [1.807, 2.05) is 12.1 Å². The molecule has 0 aliphatic heterocycles. The molecule has 0 aromatic heterocycles. The SMILES string of the molecule is N#CC=C(Cl)c1ccc(C#N)cc1. The summed E-state index contributed by atoms with van der Waals surface area (Å²) in [6.45, 7) is 0. The van der Waals surface area contributed by atoms with Gasteiger partial charge in [-0.3, -0.25) is 0 Å². The Morgan fingerprint density at radius 2 is 1.85 bits per heavy atom. The predicted molar refractivity (Wildman–Crippen MR) is 50.6 cm³/mol. The van der Waals surface area contributed by atoms with Crippen LogP contribution in [0.15, 0.2) is 30.3 Å². The molecule has 0 heterocycles. The number of hydrogen-bond acceptors (Lipinski definition) is 2. The number of rotatable bonds is 1. The van der Waals surface area contributed by atoms with Crippen LogP contribution in [-0.4, -0.2) is 0 Å². The Morgan fingerprint density at radius 3 is 2.31 bits per heavy atom. The molecule has 0 N–H and O–H groups in total. The van der Waals surface area contributed by atoms with E-state index in [2.05, 4.69) is 0 Å². The molecular weight excluding hydrogens is 184 g/mol. The third-order valence-corrected chi connectivity index (χ3v) is 1.81. The van der Waals surface area contributed by atoms with Crippen LogP contribution in [0, 0.1) is 22.7 Å². The first-order valence-corrected chi connectivity index (χ1v) is 3.91. The van der Waals surface area contributed by atoms with Crippen molar-refractivity contribution in [2.75, 3.05) is 0 Å². The van der Waals surface area contributed by atoms with Crippen LogP contribution in [0.5, 0.6) is 0 Å². The smallest absolute Gasteiger partial charge is 0.0991 e. The van der Waals surface area contributed by atoms with Gasteiger partial charge in [-0.1, -0.05) is 23.7 Å². The van der Waals surface area contributed by atoms with E-state index in [4.69, 9.17) is 22.1 Å². The fourth-order valence-electron chi connectivity index (χ4n) is 0.844. The van der Waals surface area contributed by atoms with Crippen molar-refractivity contribution < 1.29 is 0 Å². The Bertz CT molecular complexity index is 404. The summed E-state index contributed by atoms with van der Waals surface area (Å²) in [6, 6.07) is 10.6. The molecule has 0 saturated carbocycles. The third kappa shape index (κ3) is 2.33. The second kappa shape index (κ2) is 4.30. The Balaban J connectivity index is 3.02. The number of allylic oxidation sites excluding steroid dienone is 1. The minimum absolute atomic E-state index is 0.381. The molecule has 0 saturated heterocycles. The van der Waals surface area contributed by atoms with Crippen molar-refractivity contribution in [1.29, 1.82) is 10.5 Å². The maximum atomic E-state index is 8.52. The lowest BCUT2D eigenvalue weighted by Gasteiger charge is -1.96. The zero-order valence-electron chi connectivity index (χ0n) is 6.66. The molecule has 0 unspecified atom stereocenters. The van der Waals surface area contributed by atoms with E-state index >= 15 is 0 Å². The normalized spacial score (nSPS) is 10.2. The highest BCUT2D eigenvalue weighted by Gasteiger charge is 1.96. The van der Waals surface area contributed by atoms with Gasteiger partial charge in [0.05, 0.1) is 22.7 Å². The van der Waals surface area contributed by atoms with Gasteiger partial charge in [-0.15, -0.1) is 0 Å². The average molecular weight is 189 g/mol.